The van der Waals surface area contributed by atoms with Crippen molar-refractivity contribution in [3.05, 3.63) is 35.4 Å². The molecule has 1 aliphatic rings. The van der Waals surface area contributed by atoms with E-state index in [-0.39, 0.29) is 5.54 Å². The third-order valence-electron chi connectivity index (χ3n) is 4.00. The van der Waals surface area contributed by atoms with Crippen molar-refractivity contribution in [2.45, 2.75) is 52.7 Å². The van der Waals surface area contributed by atoms with Gasteiger partial charge in [-0.05, 0) is 44.0 Å². The SMILES string of the molecule is CC1=CC(C)(C)N(C)c2ccc(CNC(C)C)cc21. The van der Waals surface area contributed by atoms with E-state index in [9.17, 15) is 0 Å². The standard InChI is InChI=1S/C17H26N2/c1-12(2)18-11-14-7-8-16-15(9-14)13(3)10-17(4,5)19(16)6/h7-10,12,18H,11H2,1-6H3. The van der Waals surface area contributed by atoms with Crippen LogP contribution in [-0.2, 0) is 6.54 Å². The molecule has 2 heteroatoms. The summed E-state index contributed by atoms with van der Waals surface area (Å²) in [6.07, 6.45) is 2.36. The third-order valence-corrected chi connectivity index (χ3v) is 4.00. The molecule has 0 radical (unpaired) electrons. The van der Waals surface area contributed by atoms with E-state index < -0.39 is 0 Å². The highest BCUT2D eigenvalue weighted by molar-refractivity contribution is 5.81. The van der Waals surface area contributed by atoms with E-state index in [4.69, 9.17) is 0 Å². The average molecular weight is 258 g/mol. The minimum atomic E-state index is 0.0920. The molecule has 1 heterocycles. The predicted molar refractivity (Wildman–Crippen MR) is 84.6 cm³/mol. The van der Waals surface area contributed by atoms with Gasteiger partial charge in [0.25, 0.3) is 0 Å². The lowest BCUT2D eigenvalue weighted by Crippen LogP contribution is -2.42. The number of nitrogens with zero attached hydrogens (tertiary/aromatic N) is 1. The first kappa shape index (κ1) is 14.1. The van der Waals surface area contributed by atoms with Crippen LogP contribution in [0.2, 0.25) is 0 Å². The molecule has 0 amide bonds. The number of nitrogens with one attached hydrogen (secondary N) is 1. The van der Waals surface area contributed by atoms with Crippen LogP contribution < -0.4 is 10.2 Å². The van der Waals surface area contributed by atoms with Crippen molar-refractivity contribution in [3.63, 3.8) is 0 Å². The van der Waals surface area contributed by atoms with Crippen molar-refractivity contribution in [1.29, 1.82) is 0 Å². The first-order valence-corrected chi connectivity index (χ1v) is 7.11. The number of fused-ring (bicyclic) bond motifs is 1. The Morgan fingerprint density at radius 2 is 1.95 bits per heavy atom. The maximum Gasteiger partial charge on any atom is 0.0531 e. The molecule has 2 nitrogen and oxygen atoms in total. The highest BCUT2D eigenvalue weighted by atomic mass is 15.2. The van der Waals surface area contributed by atoms with E-state index in [2.05, 4.69) is 76.2 Å². The molecule has 19 heavy (non-hydrogen) atoms. The lowest BCUT2D eigenvalue weighted by atomic mass is 9.88. The average Bonchev–Trinajstić information content (AvgIpc) is 2.33. The van der Waals surface area contributed by atoms with E-state index in [1.54, 1.807) is 0 Å². The Kier molecular flexibility index (Phi) is 3.73. The zero-order chi connectivity index (χ0) is 14.2. The Labute approximate surface area is 117 Å². The van der Waals surface area contributed by atoms with Crippen molar-refractivity contribution >= 4 is 11.3 Å². The van der Waals surface area contributed by atoms with Gasteiger partial charge in [0, 0.05) is 30.9 Å². The van der Waals surface area contributed by atoms with E-state index >= 15 is 0 Å². The Morgan fingerprint density at radius 3 is 2.58 bits per heavy atom. The molecular formula is C17H26N2. The summed E-state index contributed by atoms with van der Waals surface area (Å²) in [5.74, 6) is 0. The van der Waals surface area contributed by atoms with Crippen LogP contribution >= 0.6 is 0 Å². The highest BCUT2D eigenvalue weighted by Gasteiger charge is 2.28. The molecule has 0 saturated heterocycles. The van der Waals surface area contributed by atoms with Crippen LogP contribution in [0.25, 0.3) is 5.57 Å². The van der Waals surface area contributed by atoms with Gasteiger partial charge in [0.2, 0.25) is 0 Å². The molecule has 0 atom stereocenters. The Balaban J connectivity index is 2.33. The summed E-state index contributed by atoms with van der Waals surface area (Å²) < 4.78 is 0. The van der Waals surface area contributed by atoms with Crippen molar-refractivity contribution < 1.29 is 0 Å². The molecule has 2 rings (SSSR count). The van der Waals surface area contributed by atoms with Gasteiger partial charge < -0.3 is 10.2 Å². The van der Waals surface area contributed by atoms with Gasteiger partial charge in [-0.2, -0.15) is 0 Å². The normalized spacial score (nSPS) is 17.4. The quantitative estimate of drug-likeness (QED) is 0.886. The number of likely N-dealkylation sites (N-methyl/N-ethyl adjacent to an activating group) is 1. The Morgan fingerprint density at radius 1 is 1.26 bits per heavy atom. The van der Waals surface area contributed by atoms with Gasteiger partial charge in [0.1, 0.15) is 0 Å². The fraction of sp³-hybridized carbons (Fsp3) is 0.529. The van der Waals surface area contributed by atoms with E-state index in [1.165, 1.54) is 22.4 Å². The highest BCUT2D eigenvalue weighted by Crippen LogP contribution is 2.38. The lowest BCUT2D eigenvalue weighted by molar-refractivity contribution is 0.586. The molecule has 0 unspecified atom stereocenters. The molecule has 1 aromatic rings. The number of anilines is 1. The summed E-state index contributed by atoms with van der Waals surface area (Å²) in [5.41, 5.74) is 5.52. The van der Waals surface area contributed by atoms with Crippen LogP contribution in [0.1, 0.15) is 45.7 Å². The van der Waals surface area contributed by atoms with Gasteiger partial charge >= 0.3 is 0 Å². The molecule has 0 aliphatic carbocycles. The van der Waals surface area contributed by atoms with Gasteiger partial charge in [0.05, 0.1) is 5.54 Å². The van der Waals surface area contributed by atoms with Gasteiger partial charge in [0.15, 0.2) is 0 Å². The summed E-state index contributed by atoms with van der Waals surface area (Å²) in [5, 5.41) is 3.48. The summed E-state index contributed by atoms with van der Waals surface area (Å²) in [4.78, 5) is 2.36. The molecule has 0 fully saturated rings. The van der Waals surface area contributed by atoms with Crippen LogP contribution in [0.4, 0.5) is 5.69 Å². The third kappa shape index (κ3) is 2.84. The maximum atomic E-state index is 3.48. The maximum absolute atomic E-state index is 3.48. The van der Waals surface area contributed by atoms with Crippen LogP contribution in [0.15, 0.2) is 24.3 Å². The van der Waals surface area contributed by atoms with Crippen molar-refractivity contribution in [2.24, 2.45) is 0 Å². The first-order chi connectivity index (χ1) is 8.81. The Hall–Kier alpha value is -1.28. The summed E-state index contributed by atoms with van der Waals surface area (Å²) in [7, 11) is 2.17. The number of rotatable bonds is 3. The summed E-state index contributed by atoms with van der Waals surface area (Å²) in [6, 6.07) is 7.33. The second kappa shape index (κ2) is 5.01. The molecule has 0 saturated carbocycles. The second-order valence-corrected chi connectivity index (χ2v) is 6.43. The Bertz CT molecular complexity index is 498. The summed E-state index contributed by atoms with van der Waals surface area (Å²) in [6.45, 7) is 12.0. The second-order valence-electron chi connectivity index (χ2n) is 6.43. The molecular weight excluding hydrogens is 232 g/mol. The fourth-order valence-electron chi connectivity index (χ4n) is 2.64. The molecule has 104 valence electrons. The van der Waals surface area contributed by atoms with E-state index in [1.807, 2.05) is 0 Å². The number of hydrogen-bond donors (Lipinski definition) is 1. The molecule has 1 aliphatic heterocycles. The molecule has 0 spiro atoms. The smallest absolute Gasteiger partial charge is 0.0531 e. The summed E-state index contributed by atoms with van der Waals surface area (Å²) >= 11 is 0. The first-order valence-electron chi connectivity index (χ1n) is 7.11. The van der Waals surface area contributed by atoms with E-state index in [0.29, 0.717) is 6.04 Å². The zero-order valence-electron chi connectivity index (χ0n) is 13.0. The van der Waals surface area contributed by atoms with Crippen LogP contribution in [-0.4, -0.2) is 18.6 Å². The topological polar surface area (TPSA) is 15.3 Å². The zero-order valence-corrected chi connectivity index (χ0v) is 13.0. The van der Waals surface area contributed by atoms with Crippen molar-refractivity contribution in [3.8, 4) is 0 Å². The van der Waals surface area contributed by atoms with Crippen molar-refractivity contribution in [1.82, 2.24) is 5.32 Å². The largest absolute Gasteiger partial charge is 0.366 e. The van der Waals surface area contributed by atoms with Crippen LogP contribution in [0, 0.1) is 0 Å². The number of benzene rings is 1. The van der Waals surface area contributed by atoms with Gasteiger partial charge in [-0.3, -0.25) is 0 Å². The number of hydrogen-bond acceptors (Lipinski definition) is 2. The molecule has 1 N–H and O–H groups in total. The molecule has 1 aromatic carbocycles. The van der Waals surface area contributed by atoms with Gasteiger partial charge in [-0.25, -0.2) is 0 Å². The van der Waals surface area contributed by atoms with Gasteiger partial charge in [-0.15, -0.1) is 0 Å². The number of allylic oxidation sites excluding steroid dienone is 1. The monoisotopic (exact) mass is 258 g/mol. The predicted octanol–water partition coefficient (Wildman–Crippen LogP) is 3.82. The fourth-order valence-corrected chi connectivity index (χ4v) is 2.64. The van der Waals surface area contributed by atoms with Crippen LogP contribution in [0.3, 0.4) is 0 Å². The molecule has 0 bridgehead atoms. The minimum Gasteiger partial charge on any atom is -0.366 e. The minimum absolute atomic E-state index is 0.0920. The van der Waals surface area contributed by atoms with Gasteiger partial charge in [-0.1, -0.05) is 26.0 Å². The van der Waals surface area contributed by atoms with Crippen LogP contribution in [0.5, 0.6) is 0 Å². The molecule has 0 aromatic heterocycles. The lowest BCUT2D eigenvalue weighted by Gasteiger charge is -2.40. The van der Waals surface area contributed by atoms with Crippen molar-refractivity contribution in [2.75, 3.05) is 11.9 Å². The van der Waals surface area contributed by atoms with E-state index in [0.717, 1.165) is 6.54 Å².